The van der Waals surface area contributed by atoms with Crippen molar-refractivity contribution in [2.24, 2.45) is 0 Å². The normalized spacial score (nSPS) is 14.4. The van der Waals surface area contributed by atoms with Crippen molar-refractivity contribution in [3.63, 3.8) is 0 Å². The van der Waals surface area contributed by atoms with Crippen molar-refractivity contribution in [3.8, 4) is 11.5 Å². The minimum atomic E-state index is -0.262. The zero-order valence-electron chi connectivity index (χ0n) is 14.2. The zero-order valence-corrected chi connectivity index (χ0v) is 15.2. The van der Waals surface area contributed by atoms with Gasteiger partial charge in [0.25, 0.3) is 5.56 Å². The van der Waals surface area contributed by atoms with Crippen LogP contribution in [0.3, 0.4) is 0 Å². The van der Waals surface area contributed by atoms with E-state index < -0.39 is 0 Å². The molecule has 0 aromatic carbocycles. The number of morpholine rings is 1. The van der Waals surface area contributed by atoms with Crippen molar-refractivity contribution in [1.29, 1.82) is 0 Å². The number of anilines is 1. The molecule has 1 aliphatic heterocycles. The van der Waals surface area contributed by atoms with Crippen LogP contribution in [0, 0.1) is 0 Å². The zero-order chi connectivity index (χ0) is 15.6. The van der Waals surface area contributed by atoms with Crippen molar-refractivity contribution >= 4 is 5.82 Å². The van der Waals surface area contributed by atoms with Gasteiger partial charge in [0.15, 0.2) is 11.5 Å². The maximum atomic E-state index is 12.5. The molecule has 1 N–H and O–H groups in total. The summed E-state index contributed by atoms with van der Waals surface area (Å²) < 4.78 is 8.09. The second-order valence-corrected chi connectivity index (χ2v) is 4.98. The van der Waals surface area contributed by atoms with Gasteiger partial charge < -0.3 is 11.1 Å². The van der Waals surface area contributed by atoms with Crippen LogP contribution in [0.2, 0.25) is 0 Å². The maximum absolute atomic E-state index is 12.5. The molecule has 4 rings (SSSR count). The number of H-pyrrole nitrogens is 1. The molecule has 0 spiro atoms. The first kappa shape index (κ1) is 16.8. The first-order chi connectivity index (χ1) is 11.3. The summed E-state index contributed by atoms with van der Waals surface area (Å²) in [6, 6.07) is 1.77. The van der Waals surface area contributed by atoms with E-state index in [4.69, 9.17) is 4.74 Å². The Morgan fingerprint density at radius 1 is 1.21 bits per heavy atom. The summed E-state index contributed by atoms with van der Waals surface area (Å²) in [6.45, 7) is 2.86. The molecule has 10 nitrogen and oxygen atoms in total. The van der Waals surface area contributed by atoms with E-state index in [1.165, 1.54) is 21.9 Å². The molecule has 1 aliphatic rings. The van der Waals surface area contributed by atoms with Crippen LogP contribution in [0.1, 0.15) is 1.43 Å². The molecular formula is C13H15N8NaO2. The molecular weight excluding hydrogens is 323 g/mol. The fraction of sp³-hybridized carbons (Fsp3) is 0.308. The number of aromatic nitrogens is 7. The largest absolute Gasteiger partial charge is 1.00 e. The molecule has 0 amide bonds. The van der Waals surface area contributed by atoms with E-state index in [-0.39, 0.29) is 36.5 Å². The Balaban J connectivity index is 0.00000113. The Hall–Kier alpha value is -2.01. The molecule has 1 saturated heterocycles. The Labute approximate surface area is 160 Å². The van der Waals surface area contributed by atoms with Gasteiger partial charge in [-0.3, -0.25) is 9.89 Å². The summed E-state index contributed by atoms with van der Waals surface area (Å²) >= 11 is 0. The molecule has 11 heteroatoms. The number of rotatable bonds is 3. The molecule has 24 heavy (non-hydrogen) atoms. The van der Waals surface area contributed by atoms with Crippen LogP contribution < -0.4 is 40.0 Å². The van der Waals surface area contributed by atoms with E-state index in [1.807, 2.05) is 0 Å². The van der Waals surface area contributed by atoms with Gasteiger partial charge in [0.1, 0.15) is 12.1 Å². The predicted octanol–water partition coefficient (Wildman–Crippen LogP) is -3.51. The summed E-state index contributed by atoms with van der Waals surface area (Å²) in [4.78, 5) is 23.1. The van der Waals surface area contributed by atoms with E-state index in [0.717, 1.165) is 18.9 Å². The van der Waals surface area contributed by atoms with Gasteiger partial charge in [-0.2, -0.15) is 4.68 Å². The van der Waals surface area contributed by atoms with Gasteiger partial charge in [-0.05, 0) is 0 Å². The van der Waals surface area contributed by atoms with Crippen molar-refractivity contribution in [3.05, 3.63) is 41.3 Å². The molecule has 0 aliphatic carbocycles. The summed E-state index contributed by atoms with van der Waals surface area (Å²) in [5.41, 5.74) is 0.108. The number of hydrogen-bond donors (Lipinski definition) is 1. The van der Waals surface area contributed by atoms with Crippen molar-refractivity contribution in [2.75, 3.05) is 31.2 Å². The topological polar surface area (TPSA) is 107 Å². The van der Waals surface area contributed by atoms with Crippen LogP contribution in [0.5, 0.6) is 0 Å². The minimum Gasteiger partial charge on any atom is -1.00 e. The van der Waals surface area contributed by atoms with E-state index in [0.29, 0.717) is 24.7 Å². The van der Waals surface area contributed by atoms with Gasteiger partial charge in [0, 0.05) is 19.2 Å². The second kappa shape index (κ2) is 7.26. The summed E-state index contributed by atoms with van der Waals surface area (Å²) in [7, 11) is 0. The average Bonchev–Trinajstić information content (AvgIpc) is 3.25. The fourth-order valence-corrected chi connectivity index (χ4v) is 2.46. The number of nitrogens with one attached hydrogen (secondary N) is 1. The molecule has 0 atom stereocenters. The predicted molar refractivity (Wildman–Crippen MR) is 81.0 cm³/mol. The number of hydrogen-bond acceptors (Lipinski definition) is 7. The molecule has 3 aromatic heterocycles. The van der Waals surface area contributed by atoms with E-state index >= 15 is 0 Å². The number of ether oxygens (including phenoxy) is 1. The summed E-state index contributed by atoms with van der Waals surface area (Å²) in [5, 5.41) is 10.4. The average molecular weight is 338 g/mol. The third kappa shape index (κ3) is 3.13. The summed E-state index contributed by atoms with van der Waals surface area (Å²) in [6.07, 6.45) is 6.13. The molecule has 0 bridgehead atoms. The van der Waals surface area contributed by atoms with Crippen LogP contribution >= 0.6 is 0 Å². The van der Waals surface area contributed by atoms with Crippen molar-refractivity contribution in [1.82, 2.24) is 34.7 Å². The molecule has 1 fully saturated rings. The van der Waals surface area contributed by atoms with Gasteiger partial charge in [0.05, 0.1) is 31.8 Å². The van der Waals surface area contributed by atoms with Crippen LogP contribution in [0.4, 0.5) is 5.82 Å². The summed E-state index contributed by atoms with van der Waals surface area (Å²) in [5.74, 6) is 1.24. The molecule has 4 heterocycles. The third-order valence-electron chi connectivity index (χ3n) is 3.62. The fourth-order valence-electron chi connectivity index (χ4n) is 2.46. The maximum Gasteiger partial charge on any atom is 1.00 e. The van der Waals surface area contributed by atoms with Crippen molar-refractivity contribution in [2.45, 2.75) is 0 Å². The quantitative estimate of drug-likeness (QED) is 0.494. The van der Waals surface area contributed by atoms with Gasteiger partial charge in [-0.1, -0.05) is 5.21 Å². The smallest absolute Gasteiger partial charge is 1.00 e. The molecule has 3 aromatic rings. The van der Waals surface area contributed by atoms with E-state index in [1.54, 1.807) is 18.5 Å². The van der Waals surface area contributed by atoms with Crippen LogP contribution in [0.25, 0.3) is 11.5 Å². The van der Waals surface area contributed by atoms with Crippen molar-refractivity contribution < 1.29 is 35.7 Å². The van der Waals surface area contributed by atoms with Crippen LogP contribution in [-0.4, -0.2) is 61.0 Å². The van der Waals surface area contributed by atoms with Gasteiger partial charge >= 0.3 is 29.6 Å². The third-order valence-corrected chi connectivity index (χ3v) is 3.62. The molecule has 120 valence electrons. The molecule has 0 radical (unpaired) electrons. The first-order valence-electron chi connectivity index (χ1n) is 7.15. The van der Waals surface area contributed by atoms with Gasteiger partial charge in [-0.15, -0.1) is 5.10 Å². The Kier molecular flexibility index (Phi) is 5.09. The minimum absolute atomic E-state index is 0. The Morgan fingerprint density at radius 2 is 2.00 bits per heavy atom. The Morgan fingerprint density at radius 3 is 2.75 bits per heavy atom. The number of aromatic amines is 1. The standard InChI is InChI=1S/C13H14N8O2.Na.H/c22-13-10(20-2-1-16-18-20)8-17-21(13)12-7-11(14-9-15-12)19-3-5-23-6-4-19;;/h1-2,7-9,17H,3-6H2;;/q;+1;-1. The van der Waals surface area contributed by atoms with Gasteiger partial charge in [-0.25, -0.2) is 14.6 Å². The van der Waals surface area contributed by atoms with Gasteiger partial charge in [0.2, 0.25) is 0 Å². The van der Waals surface area contributed by atoms with Crippen LogP contribution in [-0.2, 0) is 4.74 Å². The number of nitrogens with zero attached hydrogens (tertiary/aromatic N) is 7. The molecule has 0 saturated carbocycles. The molecule has 0 unspecified atom stereocenters. The SMILES string of the molecule is O=c1c(-n2ccnn2)c[nH]n1-c1cc(N2CCOCC2)ncn1.[H-].[Na+]. The van der Waals surface area contributed by atoms with E-state index in [9.17, 15) is 4.79 Å². The van der Waals surface area contributed by atoms with Crippen LogP contribution in [0.15, 0.2) is 35.8 Å². The monoisotopic (exact) mass is 338 g/mol. The second-order valence-electron chi connectivity index (χ2n) is 4.98. The first-order valence-corrected chi connectivity index (χ1v) is 7.15. The Bertz CT molecular complexity index is 859. The van der Waals surface area contributed by atoms with E-state index in [2.05, 4.69) is 30.3 Å².